The molecule has 0 aromatic heterocycles. The van der Waals surface area contributed by atoms with Crippen LogP contribution in [0.3, 0.4) is 0 Å². The third-order valence-electron chi connectivity index (χ3n) is 2.72. The summed E-state index contributed by atoms with van der Waals surface area (Å²) in [6.45, 7) is 6.64. The van der Waals surface area contributed by atoms with Gasteiger partial charge in [0.05, 0.1) is 6.10 Å². The summed E-state index contributed by atoms with van der Waals surface area (Å²) in [6, 6.07) is 0. The van der Waals surface area contributed by atoms with E-state index in [9.17, 15) is 4.89 Å². The van der Waals surface area contributed by atoms with Crippen molar-refractivity contribution in [2.24, 2.45) is 5.92 Å². The van der Waals surface area contributed by atoms with Crippen LogP contribution in [0.4, 0.5) is 0 Å². The van der Waals surface area contributed by atoms with Crippen molar-refractivity contribution in [3.63, 3.8) is 0 Å². The summed E-state index contributed by atoms with van der Waals surface area (Å²) in [6.07, 6.45) is 7.97. The van der Waals surface area contributed by atoms with E-state index in [1.54, 1.807) is 0 Å². The first-order valence-corrected chi connectivity index (χ1v) is 10.4. The maximum absolute atomic E-state index is 9.50. The SMILES string of the molecule is CCCCC(CCCCC(C)C)OP(O)(=S)S. The highest BCUT2D eigenvalue weighted by Crippen LogP contribution is 2.49. The Bertz CT molecular complexity index is 229. The number of unbranched alkanes of at least 4 members (excludes halogenated alkanes) is 2. The molecule has 2 nitrogen and oxygen atoms in total. The normalized spacial score (nSPS) is 17.1. The standard InChI is InChI=1S/C12H27O2PS2/c1-4-5-9-12(14-15(13,16)17)10-7-6-8-11(2)3/h11-12H,4-10H2,1-3H3,(H2,13,16,17). The molecule has 0 saturated heterocycles. The summed E-state index contributed by atoms with van der Waals surface area (Å²) in [7, 11) is 0. The maximum Gasteiger partial charge on any atom is 0.241 e. The molecule has 0 bridgehead atoms. The molecule has 0 amide bonds. The molecule has 0 radical (unpaired) electrons. The molecule has 0 aromatic rings. The average Bonchev–Trinajstić information content (AvgIpc) is 2.18. The lowest BCUT2D eigenvalue weighted by atomic mass is 10.0. The monoisotopic (exact) mass is 298 g/mol. The van der Waals surface area contributed by atoms with Crippen LogP contribution in [0, 0.1) is 5.92 Å². The van der Waals surface area contributed by atoms with E-state index in [0.29, 0.717) is 0 Å². The Kier molecular flexibility index (Phi) is 10.3. The van der Waals surface area contributed by atoms with Crippen molar-refractivity contribution in [3.8, 4) is 0 Å². The molecule has 0 fully saturated rings. The fraction of sp³-hybridized carbons (Fsp3) is 1.00. The summed E-state index contributed by atoms with van der Waals surface area (Å²) >= 11 is 8.79. The molecule has 2 unspecified atom stereocenters. The number of hydrogen-bond acceptors (Lipinski definition) is 2. The van der Waals surface area contributed by atoms with Crippen molar-refractivity contribution in [1.82, 2.24) is 0 Å². The van der Waals surface area contributed by atoms with Crippen molar-refractivity contribution in [2.45, 2.75) is 71.8 Å². The summed E-state index contributed by atoms with van der Waals surface area (Å²) in [5.41, 5.74) is -2.80. The van der Waals surface area contributed by atoms with Crippen LogP contribution < -0.4 is 0 Å². The molecular formula is C12H27O2PS2. The zero-order valence-electron chi connectivity index (χ0n) is 11.3. The van der Waals surface area contributed by atoms with Gasteiger partial charge in [-0.2, -0.15) is 0 Å². The Labute approximate surface area is 117 Å². The summed E-state index contributed by atoms with van der Waals surface area (Å²) < 4.78 is 5.49. The first-order valence-electron chi connectivity index (χ1n) is 6.59. The largest absolute Gasteiger partial charge is 0.338 e. The van der Waals surface area contributed by atoms with E-state index in [1.807, 2.05) is 0 Å². The highest BCUT2D eigenvalue weighted by atomic mass is 32.9. The molecule has 5 heteroatoms. The van der Waals surface area contributed by atoms with Gasteiger partial charge < -0.3 is 9.42 Å². The van der Waals surface area contributed by atoms with E-state index in [1.165, 1.54) is 12.8 Å². The molecule has 0 aromatic carbocycles. The Morgan fingerprint density at radius 2 is 1.71 bits per heavy atom. The van der Waals surface area contributed by atoms with Gasteiger partial charge in [0.25, 0.3) is 0 Å². The van der Waals surface area contributed by atoms with Crippen LogP contribution in [-0.4, -0.2) is 11.0 Å². The number of rotatable bonds is 10. The van der Waals surface area contributed by atoms with Crippen LogP contribution in [0.15, 0.2) is 0 Å². The zero-order valence-corrected chi connectivity index (χ0v) is 13.9. The Hall–Kier alpha value is 0.920. The van der Waals surface area contributed by atoms with E-state index < -0.39 is 5.69 Å². The van der Waals surface area contributed by atoms with Gasteiger partial charge in [-0.15, -0.1) is 0 Å². The van der Waals surface area contributed by atoms with Crippen molar-refractivity contribution in [3.05, 3.63) is 0 Å². The van der Waals surface area contributed by atoms with E-state index in [0.717, 1.165) is 38.0 Å². The van der Waals surface area contributed by atoms with Crippen LogP contribution in [0.1, 0.15) is 65.7 Å². The molecular weight excluding hydrogens is 271 g/mol. The third kappa shape index (κ3) is 13.2. The second-order valence-electron chi connectivity index (χ2n) is 5.04. The van der Waals surface area contributed by atoms with Crippen LogP contribution in [0.2, 0.25) is 0 Å². The quantitative estimate of drug-likeness (QED) is 0.340. The van der Waals surface area contributed by atoms with Crippen LogP contribution in [-0.2, 0) is 16.3 Å². The first-order chi connectivity index (χ1) is 7.85. The van der Waals surface area contributed by atoms with Crippen molar-refractivity contribution in [2.75, 3.05) is 0 Å². The third-order valence-corrected chi connectivity index (χ3v) is 3.84. The van der Waals surface area contributed by atoms with Crippen LogP contribution in [0.25, 0.3) is 0 Å². The summed E-state index contributed by atoms with van der Waals surface area (Å²) in [5.74, 6) is 0.762. The van der Waals surface area contributed by atoms with E-state index in [2.05, 4.69) is 33.0 Å². The molecule has 17 heavy (non-hydrogen) atoms. The zero-order chi connectivity index (χ0) is 13.3. The first kappa shape index (κ1) is 17.9. The molecule has 0 aliphatic rings. The maximum atomic E-state index is 9.50. The van der Waals surface area contributed by atoms with Gasteiger partial charge in [0.15, 0.2) is 0 Å². The van der Waals surface area contributed by atoms with Gasteiger partial charge in [0.1, 0.15) is 0 Å². The smallest absolute Gasteiger partial charge is 0.241 e. The minimum atomic E-state index is -2.80. The molecule has 0 aliphatic heterocycles. The molecule has 2 atom stereocenters. The minimum Gasteiger partial charge on any atom is -0.338 e. The van der Waals surface area contributed by atoms with E-state index in [4.69, 9.17) is 16.3 Å². The highest BCUT2D eigenvalue weighted by Gasteiger charge is 2.16. The molecule has 104 valence electrons. The summed E-state index contributed by atoms with van der Waals surface area (Å²) in [4.78, 5) is 9.50. The molecule has 0 saturated carbocycles. The predicted octanol–water partition coefficient (Wildman–Crippen LogP) is 4.92. The van der Waals surface area contributed by atoms with Crippen molar-refractivity contribution in [1.29, 1.82) is 0 Å². The minimum absolute atomic E-state index is 0.0930. The lowest BCUT2D eigenvalue weighted by Gasteiger charge is -2.20. The van der Waals surface area contributed by atoms with Gasteiger partial charge in [-0.1, -0.05) is 65.1 Å². The van der Waals surface area contributed by atoms with Gasteiger partial charge in [-0.25, -0.2) is 0 Å². The average molecular weight is 298 g/mol. The molecule has 1 N–H and O–H groups in total. The fourth-order valence-electron chi connectivity index (χ4n) is 1.80. The van der Waals surface area contributed by atoms with Gasteiger partial charge >= 0.3 is 0 Å². The lowest BCUT2D eigenvalue weighted by Crippen LogP contribution is -2.10. The lowest BCUT2D eigenvalue weighted by molar-refractivity contribution is 0.179. The molecule has 0 spiro atoms. The molecule has 0 aliphatic carbocycles. The Balaban J connectivity index is 3.89. The molecule has 0 rings (SSSR count). The van der Waals surface area contributed by atoms with E-state index in [-0.39, 0.29) is 6.10 Å². The van der Waals surface area contributed by atoms with Gasteiger partial charge in [-0.05, 0) is 30.6 Å². The van der Waals surface area contributed by atoms with Gasteiger partial charge in [-0.3, -0.25) is 0 Å². The van der Waals surface area contributed by atoms with E-state index >= 15 is 0 Å². The Morgan fingerprint density at radius 1 is 1.18 bits per heavy atom. The Morgan fingerprint density at radius 3 is 2.18 bits per heavy atom. The van der Waals surface area contributed by atoms with Crippen molar-refractivity contribution >= 4 is 29.7 Å². The van der Waals surface area contributed by atoms with Crippen LogP contribution in [0.5, 0.6) is 0 Å². The van der Waals surface area contributed by atoms with Crippen molar-refractivity contribution < 1.29 is 9.42 Å². The van der Waals surface area contributed by atoms with Gasteiger partial charge in [0, 0.05) is 0 Å². The second-order valence-corrected chi connectivity index (χ2v) is 10.2. The van der Waals surface area contributed by atoms with Crippen LogP contribution >= 0.6 is 17.9 Å². The highest BCUT2D eigenvalue weighted by molar-refractivity contribution is 8.59. The molecule has 0 heterocycles. The van der Waals surface area contributed by atoms with Gasteiger partial charge in [0.2, 0.25) is 5.69 Å². The number of hydrogen-bond donors (Lipinski definition) is 2. The second kappa shape index (κ2) is 9.80. The fourth-order valence-corrected chi connectivity index (χ4v) is 3.16. The predicted molar refractivity (Wildman–Crippen MR) is 83.2 cm³/mol. The topological polar surface area (TPSA) is 29.5 Å². The summed E-state index contributed by atoms with van der Waals surface area (Å²) in [5, 5.41) is 0. The number of thiol groups is 1.